The number of carbonyl (C=O) groups is 1. The van der Waals surface area contributed by atoms with Gasteiger partial charge < -0.3 is 5.32 Å². The first kappa shape index (κ1) is 22.9. The zero-order valence-electron chi connectivity index (χ0n) is 20.4. The fourth-order valence-corrected chi connectivity index (χ4v) is 9.16. The first-order valence-corrected chi connectivity index (χ1v) is 13.3. The van der Waals surface area contributed by atoms with E-state index in [-0.39, 0.29) is 23.7 Å². The number of ketones is 1. The minimum absolute atomic E-state index is 0.0662. The SMILES string of the molecule is C[C@H]1CCC2[C@H](CC[C@H]3[C@@H]4[C@H](C)C[C@H](C(=O)CNc5ccc(C#N)cc5F)[C@@]4(C)CC[C@H]23)C1. The van der Waals surface area contributed by atoms with Crippen molar-refractivity contribution >= 4 is 11.5 Å². The number of halogens is 1. The number of hydrogen-bond acceptors (Lipinski definition) is 3. The van der Waals surface area contributed by atoms with Crippen molar-refractivity contribution in [2.24, 2.45) is 52.8 Å². The third-order valence-corrected chi connectivity index (χ3v) is 10.5. The van der Waals surface area contributed by atoms with Gasteiger partial charge in [0.15, 0.2) is 5.78 Å². The van der Waals surface area contributed by atoms with Crippen LogP contribution in [0.4, 0.5) is 10.1 Å². The monoisotopic (exact) mass is 450 g/mol. The summed E-state index contributed by atoms with van der Waals surface area (Å²) in [5.74, 6) is 5.49. The Bertz CT molecular complexity index is 953. The van der Waals surface area contributed by atoms with Crippen molar-refractivity contribution < 1.29 is 9.18 Å². The van der Waals surface area contributed by atoms with Crippen LogP contribution in [0.2, 0.25) is 0 Å². The molecule has 0 heterocycles. The Morgan fingerprint density at radius 2 is 1.91 bits per heavy atom. The maximum atomic E-state index is 14.3. The maximum absolute atomic E-state index is 14.3. The molecule has 178 valence electrons. The molecule has 0 bridgehead atoms. The average molecular weight is 451 g/mol. The van der Waals surface area contributed by atoms with Gasteiger partial charge in [-0.3, -0.25) is 4.79 Å². The van der Waals surface area contributed by atoms with E-state index in [2.05, 4.69) is 26.1 Å². The molecule has 1 unspecified atom stereocenters. The Balaban J connectivity index is 1.29. The van der Waals surface area contributed by atoms with E-state index in [0.717, 1.165) is 36.0 Å². The summed E-state index contributed by atoms with van der Waals surface area (Å²) in [5.41, 5.74) is 0.684. The van der Waals surface area contributed by atoms with Crippen LogP contribution in [0.15, 0.2) is 18.2 Å². The fraction of sp³-hybridized carbons (Fsp3) is 0.724. The summed E-state index contributed by atoms with van der Waals surface area (Å²) in [5, 5.41) is 12.0. The average Bonchev–Trinajstić information content (AvgIpc) is 3.08. The molecule has 0 radical (unpaired) electrons. The van der Waals surface area contributed by atoms with E-state index in [1.54, 1.807) is 12.1 Å². The van der Waals surface area contributed by atoms with Crippen LogP contribution in [0.25, 0.3) is 0 Å². The molecule has 4 aliphatic rings. The summed E-state index contributed by atoms with van der Waals surface area (Å²) in [6.07, 6.45) is 10.5. The van der Waals surface area contributed by atoms with Gasteiger partial charge in [-0.05, 0) is 110 Å². The number of fused-ring (bicyclic) bond motifs is 5. The molecular formula is C29H39FN2O. The molecular weight excluding hydrogens is 411 g/mol. The number of Topliss-reactive ketones (excluding diaryl/α,β-unsaturated/α-hetero) is 1. The molecule has 1 N–H and O–H groups in total. The van der Waals surface area contributed by atoms with Crippen LogP contribution in [-0.2, 0) is 4.79 Å². The summed E-state index contributed by atoms with van der Waals surface area (Å²) in [4.78, 5) is 13.4. The minimum atomic E-state index is -0.468. The molecule has 5 rings (SSSR count). The fourth-order valence-electron chi connectivity index (χ4n) is 9.16. The Kier molecular flexibility index (Phi) is 6.04. The van der Waals surface area contributed by atoms with Crippen LogP contribution in [-0.4, -0.2) is 12.3 Å². The van der Waals surface area contributed by atoms with Crippen molar-refractivity contribution in [2.45, 2.75) is 72.1 Å². The molecule has 1 aromatic rings. The Morgan fingerprint density at radius 1 is 1.12 bits per heavy atom. The smallest absolute Gasteiger partial charge is 0.155 e. The van der Waals surface area contributed by atoms with Gasteiger partial charge in [-0.15, -0.1) is 0 Å². The number of benzene rings is 1. The second-order valence-corrected chi connectivity index (χ2v) is 12.2. The molecule has 0 amide bonds. The van der Waals surface area contributed by atoms with Crippen LogP contribution < -0.4 is 5.32 Å². The molecule has 4 saturated carbocycles. The number of carbonyl (C=O) groups excluding carboxylic acids is 1. The Morgan fingerprint density at radius 3 is 2.67 bits per heavy atom. The number of hydrogen-bond donors (Lipinski definition) is 1. The van der Waals surface area contributed by atoms with Crippen molar-refractivity contribution in [1.82, 2.24) is 0 Å². The third-order valence-electron chi connectivity index (χ3n) is 10.5. The zero-order valence-corrected chi connectivity index (χ0v) is 20.4. The summed E-state index contributed by atoms with van der Waals surface area (Å²) >= 11 is 0. The minimum Gasteiger partial charge on any atom is -0.376 e. The van der Waals surface area contributed by atoms with Crippen molar-refractivity contribution in [2.75, 3.05) is 11.9 Å². The highest BCUT2D eigenvalue weighted by molar-refractivity contribution is 5.86. The van der Waals surface area contributed by atoms with Crippen molar-refractivity contribution in [1.29, 1.82) is 5.26 Å². The summed E-state index contributed by atoms with van der Waals surface area (Å²) < 4.78 is 14.3. The number of rotatable bonds is 4. The molecule has 1 aromatic carbocycles. The van der Waals surface area contributed by atoms with Crippen LogP contribution >= 0.6 is 0 Å². The lowest BCUT2D eigenvalue weighted by molar-refractivity contribution is -0.129. The van der Waals surface area contributed by atoms with E-state index >= 15 is 0 Å². The van der Waals surface area contributed by atoms with Crippen molar-refractivity contribution in [3.05, 3.63) is 29.6 Å². The van der Waals surface area contributed by atoms with Gasteiger partial charge in [0.2, 0.25) is 0 Å². The second-order valence-electron chi connectivity index (χ2n) is 12.2. The highest BCUT2D eigenvalue weighted by Gasteiger charge is 2.60. The summed E-state index contributed by atoms with van der Waals surface area (Å²) in [7, 11) is 0. The van der Waals surface area contributed by atoms with Crippen LogP contribution in [0.1, 0.15) is 77.7 Å². The number of nitriles is 1. The standard InChI is InChI=1S/C29H39FN2O/c1-17-4-7-21-20(12-17)6-8-23-22(21)10-11-29(3)24(13-18(2)28(23)29)27(33)16-32-26-9-5-19(15-31)14-25(26)30/h5,9,14,17-18,20-24,28,32H,4,6-8,10-13,16H2,1-3H3/t17-,18+,20+,21?,22+,23+,24+,28-,29+/m0/s1. The quantitative estimate of drug-likeness (QED) is 0.547. The molecule has 4 fully saturated rings. The largest absolute Gasteiger partial charge is 0.376 e. The van der Waals surface area contributed by atoms with Gasteiger partial charge in [0.25, 0.3) is 0 Å². The lowest BCUT2D eigenvalue weighted by Gasteiger charge is -2.56. The maximum Gasteiger partial charge on any atom is 0.155 e. The van der Waals surface area contributed by atoms with Gasteiger partial charge in [-0.1, -0.05) is 27.2 Å². The number of nitrogens with one attached hydrogen (secondary N) is 1. The van der Waals surface area contributed by atoms with Crippen molar-refractivity contribution in [3.8, 4) is 6.07 Å². The molecule has 9 atom stereocenters. The van der Waals surface area contributed by atoms with E-state index in [1.807, 2.05) is 6.07 Å². The predicted molar refractivity (Wildman–Crippen MR) is 129 cm³/mol. The molecule has 0 spiro atoms. The van der Waals surface area contributed by atoms with Gasteiger partial charge in [0.1, 0.15) is 5.82 Å². The molecule has 4 aliphatic carbocycles. The predicted octanol–water partition coefficient (Wildman–Crippen LogP) is 6.83. The van der Waals surface area contributed by atoms with Crippen LogP contribution in [0.5, 0.6) is 0 Å². The Labute approximate surface area is 198 Å². The van der Waals surface area contributed by atoms with Gasteiger partial charge in [-0.25, -0.2) is 4.39 Å². The lowest BCUT2D eigenvalue weighted by atomic mass is 9.48. The van der Waals surface area contributed by atoms with E-state index in [1.165, 1.54) is 51.0 Å². The normalized spacial score (nSPS) is 41.9. The highest BCUT2D eigenvalue weighted by atomic mass is 19.1. The van der Waals surface area contributed by atoms with Crippen molar-refractivity contribution in [3.63, 3.8) is 0 Å². The van der Waals surface area contributed by atoms with Crippen LogP contribution in [0, 0.1) is 69.9 Å². The lowest BCUT2D eigenvalue weighted by Crippen LogP contribution is -2.50. The van der Waals surface area contributed by atoms with Gasteiger partial charge in [0.05, 0.1) is 23.9 Å². The number of nitrogens with zero attached hydrogens (tertiary/aromatic N) is 1. The molecule has 0 saturated heterocycles. The van der Waals surface area contributed by atoms with E-state index in [9.17, 15) is 9.18 Å². The van der Waals surface area contributed by atoms with E-state index in [0.29, 0.717) is 23.1 Å². The topological polar surface area (TPSA) is 52.9 Å². The zero-order chi connectivity index (χ0) is 23.3. The van der Waals surface area contributed by atoms with E-state index < -0.39 is 5.82 Å². The first-order chi connectivity index (χ1) is 15.8. The van der Waals surface area contributed by atoms with Gasteiger partial charge >= 0.3 is 0 Å². The third kappa shape index (κ3) is 3.90. The Hall–Kier alpha value is -1.89. The molecule has 4 heteroatoms. The number of anilines is 1. The highest BCUT2D eigenvalue weighted by Crippen LogP contribution is 2.66. The summed E-state index contributed by atoms with van der Waals surface area (Å²) in [6, 6.07) is 6.34. The first-order valence-electron chi connectivity index (χ1n) is 13.3. The molecule has 0 aliphatic heterocycles. The molecule has 33 heavy (non-hydrogen) atoms. The molecule has 3 nitrogen and oxygen atoms in total. The van der Waals surface area contributed by atoms with Gasteiger partial charge in [0, 0.05) is 5.92 Å². The van der Waals surface area contributed by atoms with Gasteiger partial charge in [-0.2, -0.15) is 5.26 Å². The summed E-state index contributed by atoms with van der Waals surface area (Å²) in [6.45, 7) is 7.39. The van der Waals surface area contributed by atoms with E-state index in [4.69, 9.17) is 5.26 Å². The molecule has 0 aromatic heterocycles. The van der Waals surface area contributed by atoms with Crippen LogP contribution in [0.3, 0.4) is 0 Å². The second kappa shape index (κ2) is 8.71.